The van der Waals surface area contributed by atoms with Crippen LogP contribution in [0.1, 0.15) is 12.0 Å². The second-order valence-electron chi connectivity index (χ2n) is 10.2. The van der Waals surface area contributed by atoms with Crippen molar-refractivity contribution >= 4 is 28.9 Å². The van der Waals surface area contributed by atoms with Crippen molar-refractivity contribution in [3.8, 4) is 6.07 Å². The number of amides is 1. The number of hydrogen-bond donors (Lipinski definition) is 1. The highest BCUT2D eigenvalue weighted by Crippen LogP contribution is 2.41. The molecule has 11 nitrogen and oxygen atoms in total. The summed E-state index contributed by atoms with van der Waals surface area (Å²) in [6.45, 7) is 4.96. The molecule has 2 aliphatic rings. The highest BCUT2D eigenvalue weighted by atomic mass is 16.2. The maximum atomic E-state index is 12.6. The Bertz CT molecular complexity index is 1470. The van der Waals surface area contributed by atoms with E-state index in [0.29, 0.717) is 12.4 Å². The average Bonchev–Trinajstić information content (AvgIpc) is 3.53. The Morgan fingerprint density at radius 2 is 1.89 bits per heavy atom. The van der Waals surface area contributed by atoms with Crippen molar-refractivity contribution in [2.45, 2.75) is 18.4 Å². The zero-order chi connectivity index (χ0) is 26.1. The van der Waals surface area contributed by atoms with E-state index < -0.39 is 0 Å². The fourth-order valence-electron chi connectivity index (χ4n) is 5.32. The smallest absolute Gasteiger partial charge is 0.247 e. The first kappa shape index (κ1) is 23.9. The molecular formula is C27H30N10O. The third kappa shape index (κ3) is 4.54. The second kappa shape index (κ2) is 9.79. The van der Waals surface area contributed by atoms with E-state index in [1.54, 1.807) is 21.6 Å². The molecule has 0 saturated carbocycles. The van der Waals surface area contributed by atoms with Gasteiger partial charge in [0.15, 0.2) is 5.65 Å². The summed E-state index contributed by atoms with van der Waals surface area (Å²) in [5.41, 5.74) is 3.45. The second-order valence-corrected chi connectivity index (χ2v) is 10.2. The zero-order valence-electron chi connectivity index (χ0n) is 21.4. The minimum atomic E-state index is -0.180. The number of pyridine rings is 1. The monoisotopic (exact) mass is 510 g/mol. The van der Waals surface area contributed by atoms with Gasteiger partial charge in [-0.15, -0.1) is 5.10 Å². The highest BCUT2D eigenvalue weighted by Gasteiger charge is 2.45. The van der Waals surface area contributed by atoms with Crippen LogP contribution in [-0.2, 0) is 16.8 Å². The number of likely N-dealkylation sites (N-methyl/N-ethyl adjacent to an activating group) is 1. The van der Waals surface area contributed by atoms with Crippen LogP contribution < -0.4 is 10.2 Å². The van der Waals surface area contributed by atoms with E-state index in [1.165, 1.54) is 5.56 Å². The number of hydrogen-bond acceptors (Lipinski definition) is 8. The van der Waals surface area contributed by atoms with Crippen molar-refractivity contribution in [3.63, 3.8) is 0 Å². The minimum absolute atomic E-state index is 0.0702. The number of piperazine rings is 1. The third-order valence-corrected chi connectivity index (χ3v) is 7.52. The molecule has 1 amide bonds. The molecule has 38 heavy (non-hydrogen) atoms. The van der Waals surface area contributed by atoms with Gasteiger partial charge >= 0.3 is 0 Å². The van der Waals surface area contributed by atoms with Crippen molar-refractivity contribution in [2.75, 3.05) is 56.5 Å². The molecule has 3 aromatic heterocycles. The molecule has 2 aliphatic heterocycles. The number of fused-ring (bicyclic) bond motifs is 1. The van der Waals surface area contributed by atoms with Gasteiger partial charge in [0.1, 0.15) is 6.54 Å². The first-order valence-electron chi connectivity index (χ1n) is 12.8. The van der Waals surface area contributed by atoms with Crippen LogP contribution in [0.2, 0.25) is 0 Å². The molecule has 5 heterocycles. The molecule has 0 unspecified atom stereocenters. The van der Waals surface area contributed by atoms with Crippen molar-refractivity contribution in [3.05, 3.63) is 66.6 Å². The topological polar surface area (TPSA) is 111 Å². The van der Waals surface area contributed by atoms with E-state index >= 15 is 0 Å². The lowest BCUT2D eigenvalue weighted by atomic mass is 9.71. The molecule has 1 aromatic carbocycles. The van der Waals surface area contributed by atoms with Gasteiger partial charge in [0, 0.05) is 63.5 Å². The molecule has 2 fully saturated rings. The third-order valence-electron chi connectivity index (χ3n) is 7.52. The number of nitrogens with zero attached hydrogens (tertiary/aromatic N) is 9. The van der Waals surface area contributed by atoms with Gasteiger partial charge < -0.3 is 20.0 Å². The van der Waals surface area contributed by atoms with E-state index in [1.807, 2.05) is 41.4 Å². The normalized spacial score (nSPS) is 17.3. The number of carbonyl (C=O) groups is 1. The fraction of sp³-hybridized carbons (Fsp3) is 0.370. The molecule has 2 saturated heterocycles. The standard InChI is InChI=1S/C27H30N10O/c1-33-12-14-34(15-13-33)24(38)18-36-17-22(16-29-36)30-26-31-25-23(8-5-11-37(25)32-26)35-19-27(20-35,9-10-28)21-6-3-2-4-7-21/h2-8,11,16-17H,9,12-15,18-20H2,1H3,(H,30,32). The van der Waals surface area contributed by atoms with E-state index in [0.717, 1.165) is 56.3 Å². The summed E-state index contributed by atoms with van der Waals surface area (Å²) >= 11 is 0. The SMILES string of the molecule is CN1CCN(C(=O)Cn2cc(Nc3nc4c(N5CC(CC#N)(c6ccccc6)C5)cccn4n3)cn2)CC1. The van der Waals surface area contributed by atoms with Gasteiger partial charge in [0.05, 0.1) is 23.6 Å². The highest BCUT2D eigenvalue weighted by molar-refractivity contribution is 5.76. The van der Waals surface area contributed by atoms with Crippen LogP contribution >= 0.6 is 0 Å². The molecule has 0 atom stereocenters. The number of benzene rings is 1. The van der Waals surface area contributed by atoms with Crippen molar-refractivity contribution in [1.82, 2.24) is 34.2 Å². The number of aromatic nitrogens is 5. The largest absolute Gasteiger partial charge is 0.366 e. The number of anilines is 3. The Balaban J connectivity index is 1.14. The van der Waals surface area contributed by atoms with Gasteiger partial charge in [-0.1, -0.05) is 30.3 Å². The molecular weight excluding hydrogens is 480 g/mol. The maximum absolute atomic E-state index is 12.6. The van der Waals surface area contributed by atoms with Crippen LogP contribution in [0.3, 0.4) is 0 Å². The maximum Gasteiger partial charge on any atom is 0.247 e. The molecule has 6 rings (SSSR count). The molecule has 0 aliphatic carbocycles. The van der Waals surface area contributed by atoms with Gasteiger partial charge in [-0.2, -0.15) is 15.3 Å². The molecule has 0 bridgehead atoms. The zero-order valence-corrected chi connectivity index (χ0v) is 21.4. The molecule has 11 heteroatoms. The summed E-state index contributed by atoms with van der Waals surface area (Å²) in [4.78, 5) is 23.8. The lowest BCUT2D eigenvalue weighted by Gasteiger charge is -2.50. The Labute approximate surface area is 220 Å². The Morgan fingerprint density at radius 3 is 2.66 bits per heavy atom. The predicted molar refractivity (Wildman–Crippen MR) is 143 cm³/mol. The number of rotatable bonds is 7. The first-order chi connectivity index (χ1) is 18.5. The van der Waals surface area contributed by atoms with Gasteiger partial charge in [0.2, 0.25) is 11.9 Å². The lowest BCUT2D eigenvalue weighted by Crippen LogP contribution is -2.59. The van der Waals surface area contributed by atoms with Crippen molar-refractivity contribution in [2.24, 2.45) is 0 Å². The lowest BCUT2D eigenvalue weighted by molar-refractivity contribution is -0.133. The van der Waals surface area contributed by atoms with Crippen molar-refractivity contribution in [1.29, 1.82) is 5.26 Å². The van der Waals surface area contributed by atoms with Gasteiger partial charge in [-0.3, -0.25) is 9.48 Å². The van der Waals surface area contributed by atoms with Crippen LogP contribution in [0.25, 0.3) is 5.65 Å². The summed E-state index contributed by atoms with van der Waals surface area (Å²) in [5.74, 6) is 0.523. The molecule has 4 aromatic rings. The van der Waals surface area contributed by atoms with E-state index in [9.17, 15) is 10.1 Å². The van der Waals surface area contributed by atoms with Crippen molar-refractivity contribution < 1.29 is 4.79 Å². The Hall–Kier alpha value is -4.43. The molecule has 0 spiro atoms. The van der Waals surface area contributed by atoms with Gasteiger partial charge in [0.25, 0.3) is 0 Å². The van der Waals surface area contributed by atoms with Crippen LogP contribution in [0, 0.1) is 11.3 Å². The Morgan fingerprint density at radius 1 is 1.11 bits per heavy atom. The molecule has 0 radical (unpaired) electrons. The van der Waals surface area contributed by atoms with E-state index in [4.69, 9.17) is 4.98 Å². The van der Waals surface area contributed by atoms with Crippen LogP contribution in [0.5, 0.6) is 0 Å². The summed E-state index contributed by atoms with van der Waals surface area (Å²) in [6, 6.07) is 16.6. The first-order valence-corrected chi connectivity index (χ1v) is 12.8. The van der Waals surface area contributed by atoms with E-state index in [2.05, 4.69) is 50.6 Å². The summed E-state index contributed by atoms with van der Waals surface area (Å²) in [7, 11) is 2.07. The predicted octanol–water partition coefficient (Wildman–Crippen LogP) is 2.12. The van der Waals surface area contributed by atoms with Crippen LogP contribution in [0.15, 0.2) is 61.1 Å². The quantitative estimate of drug-likeness (QED) is 0.403. The van der Waals surface area contributed by atoms with Gasteiger partial charge in [-0.05, 0) is 24.7 Å². The van der Waals surface area contributed by atoms with Crippen LogP contribution in [0.4, 0.5) is 17.3 Å². The summed E-state index contributed by atoms with van der Waals surface area (Å²) < 4.78 is 3.40. The summed E-state index contributed by atoms with van der Waals surface area (Å²) in [6.07, 6.45) is 5.81. The number of nitrogens with one attached hydrogen (secondary N) is 1. The van der Waals surface area contributed by atoms with Crippen LogP contribution in [-0.4, -0.2) is 86.4 Å². The van der Waals surface area contributed by atoms with E-state index in [-0.39, 0.29) is 17.9 Å². The minimum Gasteiger partial charge on any atom is -0.366 e. The average molecular weight is 511 g/mol. The fourth-order valence-corrected chi connectivity index (χ4v) is 5.32. The molecule has 194 valence electrons. The van der Waals surface area contributed by atoms with Gasteiger partial charge in [-0.25, -0.2) is 4.52 Å². The summed E-state index contributed by atoms with van der Waals surface area (Å²) in [5, 5.41) is 21.6. The number of nitriles is 1. The molecule has 1 N–H and O–H groups in total. The Kier molecular flexibility index (Phi) is 6.17. The number of carbonyl (C=O) groups excluding carboxylic acids is 1.